The number of fused-ring (bicyclic) bond motifs is 1. The zero-order valence-electron chi connectivity index (χ0n) is 19.6. The Bertz CT molecular complexity index is 1210. The number of nitrogens with one attached hydrogen (secondary N) is 1. The van der Waals surface area contributed by atoms with Gasteiger partial charge in [0.25, 0.3) is 12.6 Å². The van der Waals surface area contributed by atoms with Crippen LogP contribution in [-0.2, 0) is 17.9 Å². The third-order valence-electron chi connectivity index (χ3n) is 6.04. The minimum atomic E-state index is -1.18. The lowest BCUT2D eigenvalue weighted by Crippen LogP contribution is -2.46. The molecular formula is C23H28BrCl2N4O3Si+. The van der Waals surface area contributed by atoms with Crippen molar-refractivity contribution in [2.45, 2.75) is 51.8 Å². The van der Waals surface area contributed by atoms with Crippen molar-refractivity contribution in [1.29, 1.82) is 0 Å². The first-order valence-electron chi connectivity index (χ1n) is 11.2. The van der Waals surface area contributed by atoms with Crippen LogP contribution in [0.5, 0.6) is 0 Å². The number of ether oxygens (including phenoxy) is 1. The Morgan fingerprint density at radius 3 is 2.76 bits per heavy atom. The molecule has 0 aliphatic carbocycles. The summed E-state index contributed by atoms with van der Waals surface area (Å²) in [6.07, 6.45) is 2.22. The van der Waals surface area contributed by atoms with Crippen molar-refractivity contribution in [3.05, 3.63) is 55.8 Å². The zero-order chi connectivity index (χ0) is 24.6. The predicted octanol–water partition coefficient (Wildman–Crippen LogP) is 6.10. The third-order valence-corrected chi connectivity index (χ3v) is 9.04. The first-order valence-corrected chi connectivity index (χ1v) is 16.4. The number of carbonyl (C=O) groups is 1. The maximum absolute atomic E-state index is 13.4. The molecule has 7 nitrogen and oxygen atoms in total. The Kier molecular flexibility index (Phi) is 7.59. The van der Waals surface area contributed by atoms with Gasteiger partial charge in [-0.3, -0.25) is 4.79 Å². The van der Waals surface area contributed by atoms with Crippen LogP contribution in [0.4, 0.5) is 0 Å². The molecule has 1 N–H and O–H groups in total. The SMILES string of the molecule is C[C@@H]1c2c(-c3nocc3Br)[nH][n+](COCC[Si](C)(C)C)c2CCN1C(=O)c1ccc(Cl)c(Cl)c1. The second-order valence-electron chi connectivity index (χ2n) is 9.69. The highest BCUT2D eigenvalue weighted by molar-refractivity contribution is 9.10. The number of H-pyrrole nitrogens is 1. The molecule has 11 heteroatoms. The lowest BCUT2D eigenvalue weighted by atomic mass is 9.95. The highest BCUT2D eigenvalue weighted by Gasteiger charge is 2.39. The zero-order valence-corrected chi connectivity index (χ0v) is 23.7. The number of aromatic nitrogens is 3. The highest BCUT2D eigenvalue weighted by Crippen LogP contribution is 2.38. The van der Waals surface area contributed by atoms with Gasteiger partial charge >= 0.3 is 0 Å². The summed E-state index contributed by atoms with van der Waals surface area (Å²) in [6.45, 7) is 10.7. The monoisotopic (exact) mass is 585 g/mol. The van der Waals surface area contributed by atoms with Crippen molar-refractivity contribution in [3.8, 4) is 11.4 Å². The van der Waals surface area contributed by atoms with Gasteiger partial charge in [0.15, 0.2) is 0 Å². The van der Waals surface area contributed by atoms with E-state index in [1.165, 1.54) is 0 Å². The van der Waals surface area contributed by atoms with Crippen molar-refractivity contribution in [2.24, 2.45) is 0 Å². The molecule has 1 amide bonds. The summed E-state index contributed by atoms with van der Waals surface area (Å²) in [4.78, 5) is 15.3. The van der Waals surface area contributed by atoms with Crippen molar-refractivity contribution in [3.63, 3.8) is 0 Å². The van der Waals surface area contributed by atoms with Crippen LogP contribution in [0.3, 0.4) is 0 Å². The molecule has 0 bridgehead atoms. The quantitative estimate of drug-likeness (QED) is 0.206. The molecule has 182 valence electrons. The fourth-order valence-corrected chi connectivity index (χ4v) is 5.54. The first-order chi connectivity index (χ1) is 16.1. The molecule has 0 spiro atoms. The van der Waals surface area contributed by atoms with Crippen molar-refractivity contribution in [1.82, 2.24) is 15.2 Å². The van der Waals surface area contributed by atoms with Gasteiger partial charge in [0.1, 0.15) is 17.7 Å². The molecule has 0 saturated carbocycles. The summed E-state index contributed by atoms with van der Waals surface area (Å²) >= 11 is 15.7. The van der Waals surface area contributed by atoms with Gasteiger partial charge in [-0.1, -0.05) is 52.7 Å². The Balaban J connectivity index is 1.65. The van der Waals surface area contributed by atoms with Crippen LogP contribution in [0.1, 0.15) is 34.6 Å². The number of halogens is 3. The van der Waals surface area contributed by atoms with Gasteiger partial charge in [0.05, 0.1) is 39.2 Å². The van der Waals surface area contributed by atoms with Crippen LogP contribution < -0.4 is 4.68 Å². The maximum atomic E-state index is 13.4. The summed E-state index contributed by atoms with van der Waals surface area (Å²) in [5, 5.41) is 8.42. The first kappa shape index (κ1) is 25.4. The number of nitrogens with zero attached hydrogens (tertiary/aromatic N) is 3. The fourth-order valence-electron chi connectivity index (χ4n) is 4.13. The van der Waals surface area contributed by atoms with E-state index in [0.717, 1.165) is 34.1 Å². The molecule has 0 fully saturated rings. The Hall–Kier alpha value is -1.65. The van der Waals surface area contributed by atoms with E-state index in [1.807, 2.05) is 16.5 Å². The van der Waals surface area contributed by atoms with Gasteiger partial charge in [-0.2, -0.15) is 5.10 Å². The van der Waals surface area contributed by atoms with Gasteiger partial charge in [-0.15, -0.1) is 0 Å². The summed E-state index contributed by atoms with van der Waals surface area (Å²) in [5.41, 5.74) is 4.08. The summed E-state index contributed by atoms with van der Waals surface area (Å²) in [7, 11) is -1.18. The van der Waals surface area contributed by atoms with E-state index in [4.69, 9.17) is 32.5 Å². The number of aromatic amines is 1. The van der Waals surface area contributed by atoms with Gasteiger partial charge in [0.2, 0.25) is 5.69 Å². The number of amides is 1. The average molecular weight is 587 g/mol. The number of benzene rings is 1. The number of hydrogen-bond acceptors (Lipinski definition) is 4. The van der Waals surface area contributed by atoms with Crippen molar-refractivity contribution < 1.29 is 18.7 Å². The molecule has 1 aliphatic heterocycles. The minimum absolute atomic E-state index is 0.0963. The normalized spacial score (nSPS) is 16.1. The largest absolute Gasteiger partial charge is 0.363 e. The van der Waals surface area contributed by atoms with E-state index in [1.54, 1.807) is 24.5 Å². The lowest BCUT2D eigenvalue weighted by Gasteiger charge is -2.32. The molecule has 1 aromatic carbocycles. The van der Waals surface area contributed by atoms with Gasteiger partial charge in [0, 0.05) is 20.2 Å². The fraction of sp³-hybridized carbons (Fsp3) is 0.435. The van der Waals surface area contributed by atoms with Crippen LogP contribution in [0.25, 0.3) is 11.4 Å². The van der Waals surface area contributed by atoms with Gasteiger partial charge in [-0.25, -0.2) is 0 Å². The van der Waals surface area contributed by atoms with E-state index < -0.39 is 8.07 Å². The standard InChI is InChI=1S/C23H27BrCl2N4O3Si/c1-14-20-19(7-8-29(14)23(31)15-5-6-17(25)18(26)11-15)30(13-32-9-10-34(2,3)4)27-22(20)21-16(24)12-33-28-21/h5-6,11-12,14H,7-10,13H2,1-4H3/p+1/t14-/m1/s1. The molecule has 1 atom stereocenters. The Labute approximate surface area is 218 Å². The van der Waals surface area contributed by atoms with Crippen LogP contribution in [-0.4, -0.2) is 42.3 Å². The third kappa shape index (κ3) is 5.28. The molecule has 3 heterocycles. The second kappa shape index (κ2) is 10.1. The molecule has 3 aromatic rings. The second-order valence-corrected chi connectivity index (χ2v) is 17.0. The summed E-state index contributed by atoms with van der Waals surface area (Å²) in [6, 6.07) is 5.87. The van der Waals surface area contributed by atoms with Crippen LogP contribution in [0, 0.1) is 0 Å². The number of rotatable bonds is 7. The number of hydrogen-bond donors (Lipinski definition) is 1. The van der Waals surface area contributed by atoms with E-state index in [2.05, 4.69) is 45.8 Å². The van der Waals surface area contributed by atoms with Crippen LogP contribution >= 0.6 is 39.1 Å². The van der Waals surface area contributed by atoms with Crippen LogP contribution in [0.15, 0.2) is 33.5 Å². The van der Waals surface area contributed by atoms with Crippen LogP contribution in [0.2, 0.25) is 35.7 Å². The molecule has 0 saturated heterocycles. The van der Waals surface area contributed by atoms with E-state index >= 15 is 0 Å². The highest BCUT2D eigenvalue weighted by atomic mass is 79.9. The molecular weight excluding hydrogens is 559 g/mol. The smallest absolute Gasteiger partial charge is 0.276 e. The predicted molar refractivity (Wildman–Crippen MR) is 138 cm³/mol. The van der Waals surface area contributed by atoms with Crippen molar-refractivity contribution >= 4 is 53.1 Å². The average Bonchev–Trinajstić information content (AvgIpc) is 3.36. The summed E-state index contributed by atoms with van der Waals surface area (Å²) in [5.74, 6) is -0.0963. The minimum Gasteiger partial charge on any atom is -0.363 e. The number of carbonyl (C=O) groups excluding carboxylic acids is 1. The molecule has 34 heavy (non-hydrogen) atoms. The van der Waals surface area contributed by atoms with E-state index in [0.29, 0.717) is 41.0 Å². The molecule has 4 rings (SSSR count). The van der Waals surface area contributed by atoms with Gasteiger partial charge < -0.3 is 14.2 Å². The summed E-state index contributed by atoms with van der Waals surface area (Å²) < 4.78 is 14.0. The lowest BCUT2D eigenvalue weighted by molar-refractivity contribution is -0.787. The van der Waals surface area contributed by atoms with E-state index in [-0.39, 0.29) is 11.9 Å². The molecule has 0 unspecified atom stereocenters. The Morgan fingerprint density at radius 2 is 2.12 bits per heavy atom. The van der Waals surface area contributed by atoms with E-state index in [9.17, 15) is 4.79 Å². The molecule has 2 aromatic heterocycles. The topological polar surface area (TPSA) is 75.2 Å². The Morgan fingerprint density at radius 1 is 1.35 bits per heavy atom. The van der Waals surface area contributed by atoms with Gasteiger partial charge in [-0.05, 0) is 47.1 Å². The molecule has 1 aliphatic rings. The van der Waals surface area contributed by atoms with Crippen molar-refractivity contribution in [2.75, 3.05) is 13.2 Å². The molecule has 0 radical (unpaired) electrons. The maximum Gasteiger partial charge on any atom is 0.276 e.